The molecule has 0 bridgehead atoms. The van der Waals surface area contributed by atoms with Gasteiger partial charge in [-0.05, 0) is 6.92 Å². The molecule has 0 aromatic carbocycles. The Morgan fingerprint density at radius 3 is 2.00 bits per heavy atom. The van der Waals surface area contributed by atoms with Crippen LogP contribution in [0.5, 0.6) is 0 Å². The molecule has 0 amide bonds. The first kappa shape index (κ1) is 8.81. The Kier molecular flexibility index (Phi) is 3.32. The van der Waals surface area contributed by atoms with Gasteiger partial charge in [0.1, 0.15) is 17.7 Å². The van der Waals surface area contributed by atoms with Crippen molar-refractivity contribution in [1.29, 1.82) is 10.5 Å². The first-order valence-corrected chi connectivity index (χ1v) is 3.01. The predicted octanol–water partition coefficient (Wildman–Crippen LogP) is 0.874. The summed E-state index contributed by atoms with van der Waals surface area (Å²) in [6.07, 6.45) is 0. The summed E-state index contributed by atoms with van der Waals surface area (Å²) in [7, 11) is 0. The Hall–Kier alpha value is -1.19. The summed E-state index contributed by atoms with van der Waals surface area (Å²) in [5.41, 5.74) is 5.31. The summed E-state index contributed by atoms with van der Waals surface area (Å²) in [6.45, 7) is 1.60. The van der Waals surface area contributed by atoms with Gasteiger partial charge in [0.25, 0.3) is 0 Å². The standard InChI is InChI=1S/C6H6ClN3/c1-4(7)6(10)5(2-8)3-9/h4H,10H2,1H3. The Labute approximate surface area is 64.3 Å². The molecule has 0 saturated carbocycles. The van der Waals surface area contributed by atoms with Gasteiger partial charge in [-0.15, -0.1) is 11.6 Å². The zero-order valence-corrected chi connectivity index (χ0v) is 6.18. The summed E-state index contributed by atoms with van der Waals surface area (Å²) < 4.78 is 0. The van der Waals surface area contributed by atoms with E-state index in [9.17, 15) is 0 Å². The molecule has 0 saturated heterocycles. The summed E-state index contributed by atoms with van der Waals surface area (Å²) >= 11 is 5.50. The quantitative estimate of drug-likeness (QED) is 0.451. The van der Waals surface area contributed by atoms with Crippen molar-refractivity contribution >= 4 is 11.6 Å². The van der Waals surface area contributed by atoms with Gasteiger partial charge in [-0.25, -0.2) is 0 Å². The second-order valence-electron chi connectivity index (χ2n) is 1.67. The minimum atomic E-state index is -0.464. The van der Waals surface area contributed by atoms with E-state index in [-0.39, 0.29) is 11.3 Å². The van der Waals surface area contributed by atoms with Crippen molar-refractivity contribution < 1.29 is 0 Å². The molecule has 0 aromatic heterocycles. The molecule has 0 aliphatic heterocycles. The van der Waals surface area contributed by atoms with Crippen LogP contribution in [0.2, 0.25) is 0 Å². The third-order valence-corrected chi connectivity index (χ3v) is 1.18. The van der Waals surface area contributed by atoms with Gasteiger partial charge in [0.05, 0.1) is 11.1 Å². The van der Waals surface area contributed by atoms with Crippen LogP contribution < -0.4 is 5.73 Å². The molecule has 0 fully saturated rings. The number of hydrogen-bond donors (Lipinski definition) is 1. The number of alkyl halides is 1. The van der Waals surface area contributed by atoms with E-state index in [1.54, 1.807) is 19.1 Å². The molecule has 0 spiro atoms. The second-order valence-corrected chi connectivity index (χ2v) is 2.32. The highest BCUT2D eigenvalue weighted by Crippen LogP contribution is 2.06. The Balaban J connectivity index is 4.70. The average Bonchev–Trinajstić information content (AvgIpc) is 1.90. The van der Waals surface area contributed by atoms with E-state index < -0.39 is 5.38 Å². The molecule has 0 heterocycles. The van der Waals surface area contributed by atoms with Gasteiger partial charge < -0.3 is 5.73 Å². The van der Waals surface area contributed by atoms with Crippen LogP contribution in [0.3, 0.4) is 0 Å². The van der Waals surface area contributed by atoms with Crippen LogP contribution in [0.15, 0.2) is 11.3 Å². The molecule has 0 radical (unpaired) electrons. The molecule has 0 aromatic rings. The molecule has 2 N–H and O–H groups in total. The van der Waals surface area contributed by atoms with Gasteiger partial charge in [0.2, 0.25) is 0 Å². The number of hydrogen-bond acceptors (Lipinski definition) is 3. The summed E-state index contributed by atoms with van der Waals surface area (Å²) in [6, 6.07) is 3.28. The summed E-state index contributed by atoms with van der Waals surface area (Å²) in [5.74, 6) is 0. The van der Waals surface area contributed by atoms with Gasteiger partial charge in [-0.3, -0.25) is 0 Å². The summed E-state index contributed by atoms with van der Waals surface area (Å²) in [4.78, 5) is 0. The second kappa shape index (κ2) is 3.76. The average molecular weight is 156 g/mol. The van der Waals surface area contributed by atoms with E-state index in [2.05, 4.69) is 0 Å². The lowest BCUT2D eigenvalue weighted by atomic mass is 10.2. The largest absolute Gasteiger partial charge is 0.399 e. The third-order valence-electron chi connectivity index (χ3n) is 0.941. The maximum Gasteiger partial charge on any atom is 0.149 e. The van der Waals surface area contributed by atoms with E-state index in [1.807, 2.05) is 0 Å². The molecular formula is C6H6ClN3. The van der Waals surface area contributed by atoms with Crippen molar-refractivity contribution in [2.75, 3.05) is 0 Å². The van der Waals surface area contributed by atoms with Crippen molar-refractivity contribution in [3.05, 3.63) is 11.3 Å². The zero-order chi connectivity index (χ0) is 8.15. The van der Waals surface area contributed by atoms with E-state index in [0.717, 1.165) is 0 Å². The van der Waals surface area contributed by atoms with Crippen molar-refractivity contribution in [1.82, 2.24) is 0 Å². The number of halogens is 1. The fourth-order valence-corrected chi connectivity index (χ4v) is 0.462. The lowest BCUT2D eigenvalue weighted by Gasteiger charge is -2.00. The van der Waals surface area contributed by atoms with E-state index in [4.69, 9.17) is 27.9 Å². The fraction of sp³-hybridized carbons (Fsp3) is 0.333. The predicted molar refractivity (Wildman–Crippen MR) is 37.8 cm³/mol. The number of nitrogens with two attached hydrogens (primary N) is 1. The first-order valence-electron chi connectivity index (χ1n) is 2.57. The molecular weight excluding hydrogens is 150 g/mol. The van der Waals surface area contributed by atoms with Crippen molar-refractivity contribution in [3.63, 3.8) is 0 Å². The van der Waals surface area contributed by atoms with Crippen LogP contribution in [0.1, 0.15) is 6.92 Å². The highest BCUT2D eigenvalue weighted by Gasteiger charge is 2.06. The molecule has 4 heteroatoms. The molecule has 52 valence electrons. The number of rotatable bonds is 1. The highest BCUT2D eigenvalue weighted by molar-refractivity contribution is 6.22. The van der Waals surface area contributed by atoms with Crippen LogP contribution >= 0.6 is 11.6 Å². The van der Waals surface area contributed by atoms with Crippen molar-refractivity contribution in [2.24, 2.45) is 5.73 Å². The minimum absolute atomic E-state index is 0.109. The van der Waals surface area contributed by atoms with Crippen LogP contribution in [-0.2, 0) is 0 Å². The van der Waals surface area contributed by atoms with Crippen LogP contribution in [-0.4, -0.2) is 5.38 Å². The highest BCUT2D eigenvalue weighted by atomic mass is 35.5. The summed E-state index contributed by atoms with van der Waals surface area (Å²) in [5, 5.41) is 16.1. The van der Waals surface area contributed by atoms with Crippen molar-refractivity contribution in [2.45, 2.75) is 12.3 Å². The molecule has 0 aliphatic rings. The normalized spacial score (nSPS) is 10.8. The zero-order valence-electron chi connectivity index (χ0n) is 5.43. The Morgan fingerprint density at radius 2 is 1.90 bits per heavy atom. The van der Waals surface area contributed by atoms with Gasteiger partial charge in [0, 0.05) is 0 Å². The topological polar surface area (TPSA) is 73.6 Å². The molecule has 10 heavy (non-hydrogen) atoms. The minimum Gasteiger partial charge on any atom is -0.399 e. The number of allylic oxidation sites excluding steroid dienone is 2. The van der Waals surface area contributed by atoms with Gasteiger partial charge >= 0.3 is 0 Å². The molecule has 0 aliphatic carbocycles. The lowest BCUT2D eigenvalue weighted by molar-refractivity contribution is 1.06. The first-order chi connectivity index (χ1) is 4.63. The number of nitrogens with zero attached hydrogens (tertiary/aromatic N) is 2. The van der Waals surface area contributed by atoms with Gasteiger partial charge in [-0.1, -0.05) is 0 Å². The molecule has 0 rings (SSSR count). The smallest absolute Gasteiger partial charge is 0.149 e. The number of nitriles is 2. The Morgan fingerprint density at radius 1 is 1.50 bits per heavy atom. The van der Waals surface area contributed by atoms with Gasteiger partial charge in [0.15, 0.2) is 0 Å². The van der Waals surface area contributed by atoms with E-state index >= 15 is 0 Å². The van der Waals surface area contributed by atoms with Crippen molar-refractivity contribution in [3.8, 4) is 12.1 Å². The fourth-order valence-electron chi connectivity index (χ4n) is 0.353. The third kappa shape index (κ3) is 1.97. The van der Waals surface area contributed by atoms with E-state index in [0.29, 0.717) is 0 Å². The molecule has 1 atom stereocenters. The van der Waals surface area contributed by atoms with Crippen LogP contribution in [0.4, 0.5) is 0 Å². The van der Waals surface area contributed by atoms with E-state index in [1.165, 1.54) is 0 Å². The molecule has 3 nitrogen and oxygen atoms in total. The molecule has 1 unspecified atom stereocenters. The van der Waals surface area contributed by atoms with Gasteiger partial charge in [-0.2, -0.15) is 10.5 Å². The SMILES string of the molecule is CC(Cl)C(N)=C(C#N)C#N. The lowest BCUT2D eigenvalue weighted by Crippen LogP contribution is -2.10. The van der Waals surface area contributed by atoms with Crippen LogP contribution in [0, 0.1) is 22.7 Å². The van der Waals surface area contributed by atoms with Crippen LogP contribution in [0.25, 0.3) is 0 Å². The monoisotopic (exact) mass is 155 g/mol. The maximum atomic E-state index is 8.28. The maximum absolute atomic E-state index is 8.28. The Bertz CT molecular complexity index is 212.